The predicted octanol–water partition coefficient (Wildman–Crippen LogP) is 1.94. The Morgan fingerprint density at radius 2 is 2.20 bits per heavy atom. The molecule has 0 bridgehead atoms. The zero-order valence-electron chi connectivity index (χ0n) is 5.27. The van der Waals surface area contributed by atoms with Crippen molar-refractivity contribution < 1.29 is 8.78 Å². The average molecular weight is 148 g/mol. The van der Waals surface area contributed by atoms with Crippen molar-refractivity contribution in [1.29, 1.82) is 5.41 Å². The Labute approximate surface area is 56.2 Å². The zero-order chi connectivity index (χ0) is 8.15. The minimum Gasteiger partial charge on any atom is -0.297 e. The monoisotopic (exact) mass is 148 g/mol. The van der Waals surface area contributed by atoms with Gasteiger partial charge in [0, 0.05) is 0 Å². The van der Waals surface area contributed by atoms with Crippen LogP contribution < -0.4 is 0 Å². The van der Waals surface area contributed by atoms with Gasteiger partial charge in [-0.3, -0.25) is 5.41 Å². The lowest BCUT2D eigenvalue weighted by Gasteiger charge is -1.96. The molecule has 0 unspecified atom stereocenters. The quantitative estimate of drug-likeness (QED) is 0.482. The Bertz CT molecular complexity index is 176. The Morgan fingerprint density at radius 3 is 2.30 bits per heavy atom. The summed E-state index contributed by atoms with van der Waals surface area (Å²) in [7, 11) is 0. The van der Waals surface area contributed by atoms with Crippen LogP contribution in [0.15, 0.2) is 16.9 Å². The Kier molecular flexibility index (Phi) is 3.38. The van der Waals surface area contributed by atoms with Gasteiger partial charge in [-0.15, -0.1) is 4.91 Å². The topological polar surface area (TPSA) is 53.3 Å². The summed E-state index contributed by atoms with van der Waals surface area (Å²) in [5.41, 5.74) is -1.53. The van der Waals surface area contributed by atoms with Crippen molar-refractivity contribution in [3.05, 3.63) is 16.7 Å². The first kappa shape index (κ1) is 8.87. The summed E-state index contributed by atoms with van der Waals surface area (Å²) in [6.45, 7) is 1.37. The fourth-order valence-electron chi connectivity index (χ4n) is 0.369. The molecule has 0 aliphatic heterocycles. The van der Waals surface area contributed by atoms with Gasteiger partial charge in [0.2, 0.25) is 0 Å². The van der Waals surface area contributed by atoms with Crippen molar-refractivity contribution in [2.24, 2.45) is 5.18 Å². The molecule has 0 radical (unpaired) electrons. The van der Waals surface area contributed by atoms with Crippen LogP contribution >= 0.6 is 0 Å². The Hall–Kier alpha value is -1.13. The average Bonchev–Trinajstić information content (AvgIpc) is 1.90. The third-order valence-corrected chi connectivity index (χ3v) is 0.866. The largest absolute Gasteiger partial charge is 0.297 e. The molecule has 0 heterocycles. The predicted molar refractivity (Wildman–Crippen MR) is 33.3 cm³/mol. The second-order valence-electron chi connectivity index (χ2n) is 1.48. The van der Waals surface area contributed by atoms with E-state index in [1.54, 1.807) is 0 Å². The lowest BCUT2D eigenvalue weighted by Crippen LogP contribution is -2.09. The van der Waals surface area contributed by atoms with Crippen molar-refractivity contribution in [1.82, 2.24) is 0 Å². The van der Waals surface area contributed by atoms with Gasteiger partial charge in [0.1, 0.15) is 11.4 Å². The van der Waals surface area contributed by atoms with E-state index in [0.29, 0.717) is 0 Å². The molecule has 56 valence electrons. The third kappa shape index (κ3) is 2.00. The molecule has 0 aliphatic rings. The van der Waals surface area contributed by atoms with Crippen LogP contribution in [0.2, 0.25) is 0 Å². The summed E-state index contributed by atoms with van der Waals surface area (Å²) in [4.78, 5) is 9.69. The van der Waals surface area contributed by atoms with E-state index in [2.05, 4.69) is 5.18 Å². The van der Waals surface area contributed by atoms with Crippen LogP contribution in [0.4, 0.5) is 8.78 Å². The third-order valence-electron chi connectivity index (χ3n) is 0.866. The van der Waals surface area contributed by atoms with Crippen molar-refractivity contribution in [3.63, 3.8) is 0 Å². The molecule has 0 rings (SSSR count). The highest BCUT2D eigenvalue weighted by atomic mass is 19.3. The highest BCUT2D eigenvalue weighted by Gasteiger charge is 2.15. The number of nitrogens with zero attached hydrogens (tertiary/aromatic N) is 1. The van der Waals surface area contributed by atoms with Gasteiger partial charge < -0.3 is 0 Å². The van der Waals surface area contributed by atoms with Crippen LogP contribution in [0, 0.1) is 10.3 Å². The number of nitroso groups, excluding NO2 is 1. The van der Waals surface area contributed by atoms with Crippen LogP contribution in [0.5, 0.6) is 0 Å². The number of halogens is 2. The molecule has 0 saturated carbocycles. The van der Waals surface area contributed by atoms with Gasteiger partial charge in [0.05, 0.1) is 0 Å². The van der Waals surface area contributed by atoms with Crippen LogP contribution in [-0.2, 0) is 0 Å². The smallest absolute Gasteiger partial charge is 0.281 e. The molecular weight excluding hydrogens is 142 g/mol. The molecule has 0 amide bonds. The van der Waals surface area contributed by atoms with E-state index in [1.165, 1.54) is 6.92 Å². The number of rotatable bonds is 3. The molecular formula is C5H6F2N2O. The van der Waals surface area contributed by atoms with E-state index in [9.17, 15) is 13.7 Å². The first-order valence-electron chi connectivity index (χ1n) is 2.50. The van der Waals surface area contributed by atoms with Crippen LogP contribution in [0.25, 0.3) is 0 Å². The summed E-state index contributed by atoms with van der Waals surface area (Å²) >= 11 is 0. The molecule has 0 aliphatic carbocycles. The summed E-state index contributed by atoms with van der Waals surface area (Å²) in [5.74, 6) is 0. The summed E-state index contributed by atoms with van der Waals surface area (Å²) in [6.07, 6.45) is -1.86. The minimum atomic E-state index is -2.93. The van der Waals surface area contributed by atoms with Crippen molar-refractivity contribution in [3.8, 4) is 0 Å². The molecule has 10 heavy (non-hydrogen) atoms. The molecule has 0 spiro atoms. The molecule has 5 heteroatoms. The van der Waals surface area contributed by atoms with Crippen molar-refractivity contribution in [2.45, 2.75) is 13.3 Å². The summed E-state index contributed by atoms with van der Waals surface area (Å²) in [5, 5.41) is 8.82. The maximum atomic E-state index is 11.6. The Balaban J connectivity index is 4.32. The number of hydrogen-bond donors (Lipinski definition) is 1. The van der Waals surface area contributed by atoms with Gasteiger partial charge in [-0.1, -0.05) is 6.08 Å². The molecule has 0 fully saturated rings. The summed E-state index contributed by atoms with van der Waals surface area (Å²) < 4.78 is 23.2. The standard InChI is InChI=1S/C5H6F2N2O/c1-2-3(9-10)4(8)5(6)7/h2,5,8H,1H3/b3-2+,8-4?. The lowest BCUT2D eigenvalue weighted by atomic mass is 10.3. The number of allylic oxidation sites excluding steroid dienone is 2. The SMILES string of the molecule is C/C=C(/N=O)C(=N)C(F)F. The van der Waals surface area contributed by atoms with E-state index in [-0.39, 0.29) is 0 Å². The number of nitrogens with one attached hydrogen (secondary N) is 1. The second-order valence-corrected chi connectivity index (χ2v) is 1.48. The first-order valence-corrected chi connectivity index (χ1v) is 2.50. The van der Waals surface area contributed by atoms with E-state index in [4.69, 9.17) is 5.41 Å². The van der Waals surface area contributed by atoms with Gasteiger partial charge >= 0.3 is 0 Å². The second kappa shape index (κ2) is 3.81. The van der Waals surface area contributed by atoms with Gasteiger partial charge in [-0.2, -0.15) is 0 Å². The maximum absolute atomic E-state index is 11.6. The highest BCUT2D eigenvalue weighted by molar-refractivity contribution is 5.99. The number of hydrogen-bond acceptors (Lipinski definition) is 3. The van der Waals surface area contributed by atoms with Crippen LogP contribution in [0.1, 0.15) is 6.92 Å². The van der Waals surface area contributed by atoms with Gasteiger partial charge in [-0.25, -0.2) is 8.78 Å². The van der Waals surface area contributed by atoms with Gasteiger partial charge in [-0.05, 0) is 12.1 Å². The fraction of sp³-hybridized carbons (Fsp3) is 0.400. The molecule has 0 aromatic carbocycles. The van der Waals surface area contributed by atoms with Crippen molar-refractivity contribution in [2.75, 3.05) is 0 Å². The van der Waals surface area contributed by atoms with E-state index in [0.717, 1.165) is 6.08 Å². The van der Waals surface area contributed by atoms with E-state index in [1.807, 2.05) is 0 Å². The van der Waals surface area contributed by atoms with E-state index < -0.39 is 17.8 Å². The van der Waals surface area contributed by atoms with Gasteiger partial charge in [0.15, 0.2) is 0 Å². The molecule has 0 aromatic rings. The first-order chi connectivity index (χ1) is 4.63. The minimum absolute atomic E-state index is 0.505. The number of alkyl halides is 2. The molecule has 3 nitrogen and oxygen atoms in total. The highest BCUT2D eigenvalue weighted by Crippen LogP contribution is 2.05. The van der Waals surface area contributed by atoms with E-state index >= 15 is 0 Å². The molecule has 0 aromatic heterocycles. The zero-order valence-corrected chi connectivity index (χ0v) is 5.27. The van der Waals surface area contributed by atoms with Crippen LogP contribution in [0.3, 0.4) is 0 Å². The maximum Gasteiger partial charge on any atom is 0.281 e. The normalized spacial score (nSPS) is 11.8. The molecule has 0 atom stereocenters. The molecule has 1 N–H and O–H groups in total. The summed E-state index contributed by atoms with van der Waals surface area (Å²) in [6, 6.07) is 0. The van der Waals surface area contributed by atoms with Crippen molar-refractivity contribution >= 4 is 5.71 Å². The lowest BCUT2D eigenvalue weighted by molar-refractivity contribution is 0.225. The molecule has 0 saturated heterocycles. The fourth-order valence-corrected chi connectivity index (χ4v) is 0.369. The Morgan fingerprint density at radius 1 is 1.70 bits per heavy atom. The van der Waals surface area contributed by atoms with Gasteiger partial charge in [0.25, 0.3) is 6.43 Å². The van der Waals surface area contributed by atoms with Crippen LogP contribution in [-0.4, -0.2) is 12.1 Å².